The van der Waals surface area contributed by atoms with E-state index in [1.54, 1.807) is 19.1 Å². The molecular formula is C26H38N4O4. The standard InChI is InChI=1S/C26H38N4O4/c1-18(2)22-14-27-26(28-15-22)30-10-8-20(9-11-30)5-4-12-34-25-7-6-23(19(3)29-25)24(33)13-21(16-31)17-32/h6-7,14-15,18,20-21,31-32H,4-5,8-13,16-17H2,1-3H3. The first kappa shape index (κ1) is 26.0. The van der Waals surface area contributed by atoms with E-state index in [0.717, 1.165) is 44.7 Å². The Morgan fingerprint density at radius 1 is 1.15 bits per heavy atom. The van der Waals surface area contributed by atoms with Crippen molar-refractivity contribution in [3.05, 3.63) is 41.3 Å². The lowest BCUT2D eigenvalue weighted by Crippen LogP contribution is -2.35. The number of nitrogens with zero attached hydrogens (tertiary/aromatic N) is 4. The average molecular weight is 471 g/mol. The highest BCUT2D eigenvalue weighted by Crippen LogP contribution is 2.25. The number of ketones is 1. The molecule has 0 bridgehead atoms. The van der Waals surface area contributed by atoms with Crippen molar-refractivity contribution in [3.8, 4) is 5.88 Å². The zero-order chi connectivity index (χ0) is 24.5. The molecule has 1 aliphatic rings. The first-order valence-corrected chi connectivity index (χ1v) is 12.3. The van der Waals surface area contributed by atoms with Crippen LogP contribution in [0.1, 0.15) is 73.5 Å². The fourth-order valence-corrected chi connectivity index (χ4v) is 4.24. The van der Waals surface area contributed by atoms with Crippen LogP contribution in [0.5, 0.6) is 5.88 Å². The Labute approximate surface area is 202 Å². The number of anilines is 1. The number of pyridine rings is 1. The molecule has 1 saturated heterocycles. The highest BCUT2D eigenvalue weighted by Gasteiger charge is 2.21. The van der Waals surface area contributed by atoms with Gasteiger partial charge in [0.25, 0.3) is 0 Å². The maximum atomic E-state index is 12.4. The molecule has 1 fully saturated rings. The zero-order valence-corrected chi connectivity index (χ0v) is 20.6. The lowest BCUT2D eigenvalue weighted by Gasteiger charge is -2.32. The van der Waals surface area contributed by atoms with Gasteiger partial charge in [-0.3, -0.25) is 4.79 Å². The van der Waals surface area contributed by atoms with Crippen LogP contribution in [0, 0.1) is 18.8 Å². The molecule has 0 amide bonds. The first-order chi connectivity index (χ1) is 16.4. The minimum atomic E-state index is -0.437. The van der Waals surface area contributed by atoms with Crippen LogP contribution in [0.2, 0.25) is 0 Å². The molecule has 8 heteroatoms. The third-order valence-electron chi connectivity index (χ3n) is 6.58. The Morgan fingerprint density at radius 3 is 2.41 bits per heavy atom. The van der Waals surface area contributed by atoms with E-state index < -0.39 is 5.92 Å². The number of hydrogen-bond donors (Lipinski definition) is 2. The van der Waals surface area contributed by atoms with E-state index in [0.29, 0.717) is 35.6 Å². The summed E-state index contributed by atoms with van der Waals surface area (Å²) in [6.07, 6.45) is 8.31. The second kappa shape index (κ2) is 12.8. The number of aryl methyl sites for hydroxylation is 1. The summed E-state index contributed by atoms with van der Waals surface area (Å²) in [5, 5.41) is 18.4. The van der Waals surface area contributed by atoms with Gasteiger partial charge < -0.3 is 19.8 Å². The van der Waals surface area contributed by atoms with E-state index in [9.17, 15) is 15.0 Å². The van der Waals surface area contributed by atoms with Crippen LogP contribution in [-0.2, 0) is 0 Å². The second-order valence-corrected chi connectivity index (χ2v) is 9.53. The average Bonchev–Trinajstić information content (AvgIpc) is 2.85. The molecule has 0 unspecified atom stereocenters. The quantitative estimate of drug-likeness (QED) is 0.358. The number of rotatable bonds is 12. The van der Waals surface area contributed by atoms with Crippen LogP contribution in [0.15, 0.2) is 24.5 Å². The van der Waals surface area contributed by atoms with Gasteiger partial charge in [-0.15, -0.1) is 0 Å². The molecule has 2 N–H and O–H groups in total. The number of ether oxygens (including phenoxy) is 1. The monoisotopic (exact) mass is 470 g/mol. The Kier molecular flexibility index (Phi) is 9.77. The molecule has 34 heavy (non-hydrogen) atoms. The number of hydrogen-bond acceptors (Lipinski definition) is 8. The summed E-state index contributed by atoms with van der Waals surface area (Å²) in [5.74, 6) is 1.91. The van der Waals surface area contributed by atoms with Crippen molar-refractivity contribution in [3.63, 3.8) is 0 Å². The number of carbonyl (C=O) groups excluding carboxylic acids is 1. The molecule has 3 heterocycles. The Bertz CT molecular complexity index is 908. The largest absolute Gasteiger partial charge is 0.478 e. The van der Waals surface area contributed by atoms with Crippen molar-refractivity contribution in [1.82, 2.24) is 15.0 Å². The molecule has 2 aromatic rings. The lowest BCUT2D eigenvalue weighted by atomic mass is 9.92. The van der Waals surface area contributed by atoms with Gasteiger partial charge in [-0.05, 0) is 56.1 Å². The smallest absolute Gasteiger partial charge is 0.225 e. The van der Waals surface area contributed by atoms with E-state index in [1.165, 1.54) is 5.56 Å². The van der Waals surface area contributed by atoms with E-state index in [-0.39, 0.29) is 25.4 Å². The van der Waals surface area contributed by atoms with Gasteiger partial charge in [0.2, 0.25) is 11.8 Å². The molecule has 0 aromatic carbocycles. The minimum absolute atomic E-state index is 0.101. The molecular weight excluding hydrogens is 432 g/mol. The van der Waals surface area contributed by atoms with Gasteiger partial charge in [-0.25, -0.2) is 15.0 Å². The number of aliphatic hydroxyl groups is 2. The van der Waals surface area contributed by atoms with Crippen LogP contribution >= 0.6 is 0 Å². The summed E-state index contributed by atoms with van der Waals surface area (Å²) < 4.78 is 5.82. The van der Waals surface area contributed by atoms with E-state index in [2.05, 4.69) is 33.7 Å². The highest BCUT2D eigenvalue weighted by atomic mass is 16.5. The normalized spacial score (nSPS) is 14.7. The van der Waals surface area contributed by atoms with Crippen molar-refractivity contribution in [2.75, 3.05) is 37.8 Å². The molecule has 0 spiro atoms. The SMILES string of the molecule is Cc1nc(OCCCC2CCN(c3ncc(C(C)C)cn3)CC2)ccc1C(=O)CC(CO)CO. The molecule has 2 aromatic heterocycles. The molecule has 186 valence electrons. The van der Waals surface area contributed by atoms with Gasteiger partial charge in [0.15, 0.2) is 5.78 Å². The predicted octanol–water partition coefficient (Wildman–Crippen LogP) is 3.55. The van der Waals surface area contributed by atoms with E-state index in [4.69, 9.17) is 4.74 Å². The van der Waals surface area contributed by atoms with Gasteiger partial charge in [0.1, 0.15) is 0 Å². The van der Waals surface area contributed by atoms with Crippen LogP contribution in [0.3, 0.4) is 0 Å². The van der Waals surface area contributed by atoms with Crippen LogP contribution in [-0.4, -0.2) is 63.9 Å². The molecule has 8 nitrogen and oxygen atoms in total. The molecule has 0 aliphatic carbocycles. The van der Waals surface area contributed by atoms with Crippen molar-refractivity contribution in [2.45, 2.75) is 58.8 Å². The van der Waals surface area contributed by atoms with Crippen LogP contribution < -0.4 is 9.64 Å². The van der Waals surface area contributed by atoms with Crippen LogP contribution in [0.25, 0.3) is 0 Å². The molecule has 3 rings (SSSR count). The fraction of sp³-hybridized carbons (Fsp3) is 0.615. The van der Waals surface area contributed by atoms with Crippen molar-refractivity contribution < 1.29 is 19.7 Å². The number of Topliss-reactive ketones (excluding diaryl/α,β-unsaturated/α-hetero) is 1. The van der Waals surface area contributed by atoms with E-state index in [1.807, 2.05) is 12.4 Å². The topological polar surface area (TPSA) is 109 Å². The highest BCUT2D eigenvalue weighted by molar-refractivity contribution is 5.97. The third-order valence-corrected chi connectivity index (χ3v) is 6.58. The summed E-state index contributed by atoms with van der Waals surface area (Å²) >= 11 is 0. The van der Waals surface area contributed by atoms with Gasteiger partial charge in [-0.1, -0.05) is 13.8 Å². The van der Waals surface area contributed by atoms with Crippen LogP contribution in [0.4, 0.5) is 5.95 Å². The van der Waals surface area contributed by atoms with Crippen molar-refractivity contribution >= 4 is 11.7 Å². The Morgan fingerprint density at radius 2 is 1.82 bits per heavy atom. The van der Waals surface area contributed by atoms with E-state index >= 15 is 0 Å². The Balaban J connectivity index is 1.38. The summed E-state index contributed by atoms with van der Waals surface area (Å²) in [6.45, 7) is 8.21. The number of piperidine rings is 1. The van der Waals surface area contributed by atoms with Crippen molar-refractivity contribution in [1.29, 1.82) is 0 Å². The Hall–Kier alpha value is -2.58. The molecule has 0 atom stereocenters. The molecule has 0 saturated carbocycles. The van der Waals surface area contributed by atoms with Crippen molar-refractivity contribution in [2.24, 2.45) is 11.8 Å². The predicted molar refractivity (Wildman–Crippen MR) is 131 cm³/mol. The second-order valence-electron chi connectivity index (χ2n) is 9.53. The maximum Gasteiger partial charge on any atom is 0.225 e. The number of carbonyl (C=O) groups is 1. The summed E-state index contributed by atoms with van der Waals surface area (Å²) in [6, 6.07) is 3.44. The molecule has 0 radical (unpaired) electrons. The van der Waals surface area contributed by atoms with Gasteiger partial charge in [0.05, 0.1) is 12.3 Å². The van der Waals surface area contributed by atoms with Gasteiger partial charge in [0, 0.05) is 62.7 Å². The fourth-order valence-electron chi connectivity index (χ4n) is 4.24. The van der Waals surface area contributed by atoms with Gasteiger partial charge in [-0.2, -0.15) is 0 Å². The number of aromatic nitrogens is 3. The lowest BCUT2D eigenvalue weighted by molar-refractivity contribution is 0.0878. The zero-order valence-electron chi connectivity index (χ0n) is 20.6. The summed E-state index contributed by atoms with van der Waals surface area (Å²) in [7, 11) is 0. The summed E-state index contributed by atoms with van der Waals surface area (Å²) in [5.41, 5.74) is 2.28. The number of aliphatic hydroxyl groups excluding tert-OH is 2. The first-order valence-electron chi connectivity index (χ1n) is 12.3. The maximum absolute atomic E-state index is 12.4. The third kappa shape index (κ3) is 7.21. The summed E-state index contributed by atoms with van der Waals surface area (Å²) in [4.78, 5) is 28.2. The molecule has 1 aliphatic heterocycles. The van der Waals surface area contributed by atoms with Gasteiger partial charge >= 0.3 is 0 Å². The minimum Gasteiger partial charge on any atom is -0.478 e.